The molecule has 0 aromatic rings. The zero-order valence-corrected chi connectivity index (χ0v) is 7.16. The van der Waals surface area contributed by atoms with Crippen molar-refractivity contribution in [2.75, 3.05) is 14.2 Å². The maximum atomic E-state index is 10.8. The van der Waals surface area contributed by atoms with Crippen molar-refractivity contribution in [3.05, 3.63) is 11.3 Å². The fourth-order valence-corrected chi connectivity index (χ4v) is 0.530. The van der Waals surface area contributed by atoms with E-state index >= 15 is 0 Å². The zero-order chi connectivity index (χ0) is 10.4. The number of nitrogens with two attached hydrogens (primary N) is 1. The fraction of sp³-hybridized carbons (Fsp3) is 0.286. The molecule has 0 rings (SSSR count). The van der Waals surface area contributed by atoms with Gasteiger partial charge < -0.3 is 15.2 Å². The molecule has 0 atom stereocenters. The minimum atomic E-state index is -0.967. The summed E-state index contributed by atoms with van der Waals surface area (Å²) in [7, 11) is 2.16. The number of hydrogen-bond donors (Lipinski definition) is 1. The Morgan fingerprint density at radius 3 is 2.00 bits per heavy atom. The molecule has 70 valence electrons. The maximum absolute atomic E-state index is 10.8. The summed E-state index contributed by atoms with van der Waals surface area (Å²) in [5.74, 6) is -1.91. The number of methoxy groups -OCH3 is 2. The van der Waals surface area contributed by atoms with Crippen LogP contribution in [-0.2, 0) is 19.1 Å². The maximum Gasteiger partial charge on any atom is 0.355 e. The highest BCUT2D eigenvalue weighted by atomic mass is 16.5. The monoisotopic (exact) mass is 184 g/mol. The fourth-order valence-electron chi connectivity index (χ4n) is 0.530. The molecule has 6 nitrogen and oxygen atoms in total. The first-order chi connectivity index (χ1) is 6.08. The van der Waals surface area contributed by atoms with E-state index in [0.717, 1.165) is 14.2 Å². The molecular formula is C7H8N2O4. The van der Waals surface area contributed by atoms with Crippen LogP contribution in [0, 0.1) is 11.3 Å². The van der Waals surface area contributed by atoms with Gasteiger partial charge in [0.05, 0.1) is 14.2 Å². The molecule has 0 aliphatic carbocycles. The lowest BCUT2D eigenvalue weighted by Gasteiger charge is -2.00. The van der Waals surface area contributed by atoms with Gasteiger partial charge in [-0.25, -0.2) is 9.59 Å². The van der Waals surface area contributed by atoms with Crippen molar-refractivity contribution in [2.45, 2.75) is 0 Å². The topological polar surface area (TPSA) is 102 Å². The van der Waals surface area contributed by atoms with Crippen LogP contribution in [0.3, 0.4) is 0 Å². The average molecular weight is 184 g/mol. The van der Waals surface area contributed by atoms with Gasteiger partial charge in [-0.1, -0.05) is 0 Å². The Hall–Kier alpha value is -2.03. The Morgan fingerprint density at radius 1 is 1.23 bits per heavy atom. The molecule has 0 aliphatic rings. The summed E-state index contributed by atoms with van der Waals surface area (Å²) in [6, 6.07) is 1.45. The van der Waals surface area contributed by atoms with Crippen LogP contribution in [0.15, 0.2) is 11.3 Å². The zero-order valence-electron chi connectivity index (χ0n) is 7.16. The van der Waals surface area contributed by atoms with E-state index in [2.05, 4.69) is 9.47 Å². The molecule has 0 aromatic carbocycles. The molecule has 0 saturated heterocycles. The van der Waals surface area contributed by atoms with Crippen LogP contribution in [-0.4, -0.2) is 26.2 Å². The largest absolute Gasteiger partial charge is 0.465 e. The van der Waals surface area contributed by atoms with Crippen molar-refractivity contribution in [1.82, 2.24) is 0 Å². The smallest absolute Gasteiger partial charge is 0.355 e. The Labute approximate surface area is 74.5 Å². The summed E-state index contributed by atoms with van der Waals surface area (Å²) >= 11 is 0. The Kier molecular flexibility index (Phi) is 4.02. The normalized spacial score (nSPS) is 10.8. The molecule has 2 N–H and O–H groups in total. The first-order valence-electron chi connectivity index (χ1n) is 3.15. The highest BCUT2D eigenvalue weighted by Gasteiger charge is 2.19. The number of nitriles is 1. The van der Waals surface area contributed by atoms with Crippen molar-refractivity contribution in [3.63, 3.8) is 0 Å². The minimum absolute atomic E-state index is 0.558. The van der Waals surface area contributed by atoms with Crippen molar-refractivity contribution in [1.29, 1.82) is 5.26 Å². The van der Waals surface area contributed by atoms with Crippen LogP contribution < -0.4 is 5.73 Å². The highest BCUT2D eigenvalue weighted by Crippen LogP contribution is 2.01. The van der Waals surface area contributed by atoms with E-state index in [0.29, 0.717) is 0 Å². The van der Waals surface area contributed by atoms with Crippen LogP contribution in [0.2, 0.25) is 0 Å². The molecule has 13 heavy (non-hydrogen) atoms. The second kappa shape index (κ2) is 4.77. The van der Waals surface area contributed by atoms with Crippen molar-refractivity contribution in [3.8, 4) is 6.07 Å². The van der Waals surface area contributed by atoms with E-state index in [4.69, 9.17) is 11.0 Å². The molecule has 0 heterocycles. The first-order valence-corrected chi connectivity index (χ1v) is 3.15. The van der Waals surface area contributed by atoms with Gasteiger partial charge >= 0.3 is 11.9 Å². The standard InChI is InChI=1S/C7H8N2O4/c1-12-6(10)4(3-8)5(9)7(11)13-2/h9H2,1-2H3. The number of carbonyl (C=O) groups is 2. The third kappa shape index (κ3) is 2.48. The lowest BCUT2D eigenvalue weighted by molar-refractivity contribution is -0.139. The number of esters is 2. The van der Waals surface area contributed by atoms with Gasteiger partial charge in [0.25, 0.3) is 0 Å². The molecule has 0 saturated carbocycles. The van der Waals surface area contributed by atoms with E-state index in [1.807, 2.05) is 0 Å². The Balaban J connectivity index is 5.04. The summed E-state index contributed by atoms with van der Waals surface area (Å²) in [5, 5.41) is 8.45. The summed E-state index contributed by atoms with van der Waals surface area (Å²) < 4.78 is 8.42. The lowest BCUT2D eigenvalue weighted by Crippen LogP contribution is -2.19. The molecule has 0 aliphatic heterocycles. The molecule has 0 unspecified atom stereocenters. The Bertz CT molecular complexity index is 300. The highest BCUT2D eigenvalue weighted by molar-refractivity contribution is 6.02. The number of ether oxygens (including phenoxy) is 2. The number of hydrogen-bond acceptors (Lipinski definition) is 6. The van der Waals surface area contributed by atoms with Gasteiger partial charge in [-0.2, -0.15) is 5.26 Å². The summed E-state index contributed by atoms with van der Waals surface area (Å²) in [6.07, 6.45) is 0. The van der Waals surface area contributed by atoms with Gasteiger partial charge in [-0.05, 0) is 0 Å². The second-order valence-electron chi connectivity index (χ2n) is 1.88. The SMILES string of the molecule is COC(=O)C(N)=C(C#N)C(=O)OC. The quantitative estimate of drug-likeness (QED) is 0.338. The van der Waals surface area contributed by atoms with Gasteiger partial charge in [-0.3, -0.25) is 0 Å². The molecule has 0 bridgehead atoms. The van der Waals surface area contributed by atoms with E-state index in [-0.39, 0.29) is 0 Å². The van der Waals surface area contributed by atoms with Gasteiger partial charge in [0.15, 0.2) is 5.57 Å². The molecule has 0 aromatic heterocycles. The van der Waals surface area contributed by atoms with Crippen LogP contribution in [0.1, 0.15) is 0 Å². The minimum Gasteiger partial charge on any atom is -0.465 e. The van der Waals surface area contributed by atoms with Crippen molar-refractivity contribution >= 4 is 11.9 Å². The number of carbonyl (C=O) groups excluding carboxylic acids is 2. The summed E-state index contributed by atoms with van der Waals surface area (Å²) in [4.78, 5) is 21.6. The van der Waals surface area contributed by atoms with E-state index in [1.54, 1.807) is 0 Å². The van der Waals surface area contributed by atoms with E-state index < -0.39 is 23.2 Å². The van der Waals surface area contributed by atoms with Crippen LogP contribution in [0.4, 0.5) is 0 Å². The molecule has 0 fully saturated rings. The van der Waals surface area contributed by atoms with Gasteiger partial charge in [0.1, 0.15) is 11.8 Å². The van der Waals surface area contributed by atoms with E-state index in [9.17, 15) is 9.59 Å². The molecule has 0 amide bonds. The van der Waals surface area contributed by atoms with Gasteiger partial charge in [0, 0.05) is 0 Å². The number of nitrogens with zero attached hydrogens (tertiary/aromatic N) is 1. The molecule has 6 heteroatoms. The summed E-state index contributed by atoms with van der Waals surface area (Å²) in [6.45, 7) is 0. The first kappa shape index (κ1) is 11.0. The Morgan fingerprint density at radius 2 is 1.69 bits per heavy atom. The number of rotatable bonds is 2. The molecular weight excluding hydrogens is 176 g/mol. The van der Waals surface area contributed by atoms with Crippen LogP contribution >= 0.6 is 0 Å². The third-order valence-electron chi connectivity index (χ3n) is 1.18. The average Bonchev–Trinajstić information content (AvgIpc) is 2.17. The van der Waals surface area contributed by atoms with E-state index in [1.165, 1.54) is 6.07 Å². The van der Waals surface area contributed by atoms with Crippen molar-refractivity contribution < 1.29 is 19.1 Å². The summed E-state index contributed by atoms with van der Waals surface area (Å²) in [5.41, 5.74) is 4.02. The van der Waals surface area contributed by atoms with Crippen molar-refractivity contribution in [2.24, 2.45) is 5.73 Å². The molecule has 0 radical (unpaired) electrons. The predicted octanol–water partition coefficient (Wildman–Crippen LogP) is -0.931. The van der Waals surface area contributed by atoms with Crippen LogP contribution in [0.5, 0.6) is 0 Å². The van der Waals surface area contributed by atoms with Gasteiger partial charge in [0.2, 0.25) is 0 Å². The van der Waals surface area contributed by atoms with Gasteiger partial charge in [-0.15, -0.1) is 0 Å². The second-order valence-corrected chi connectivity index (χ2v) is 1.88. The molecule has 0 spiro atoms. The lowest BCUT2D eigenvalue weighted by atomic mass is 10.2. The third-order valence-corrected chi connectivity index (χ3v) is 1.18. The predicted molar refractivity (Wildman–Crippen MR) is 40.9 cm³/mol. The van der Waals surface area contributed by atoms with Crippen LogP contribution in [0.25, 0.3) is 0 Å².